The molecule has 0 unspecified atom stereocenters. The van der Waals surface area contributed by atoms with Crippen LogP contribution in [0, 0.1) is 0 Å². The van der Waals surface area contributed by atoms with Crippen molar-refractivity contribution in [2.45, 2.75) is 19.9 Å². The number of hydrogen-bond donors (Lipinski definition) is 1. The lowest BCUT2D eigenvalue weighted by atomic mass is 10.2. The largest absolute Gasteiger partial charge is 0.357 e. The number of aromatic nitrogens is 1. The van der Waals surface area contributed by atoms with Crippen LogP contribution in [0.25, 0.3) is 0 Å². The molecule has 152 valence electrons. The van der Waals surface area contributed by atoms with Crippen molar-refractivity contribution in [2.75, 3.05) is 36.7 Å². The number of hydrogen-bond acceptors (Lipinski definition) is 3. The maximum atomic E-state index is 12.8. The van der Waals surface area contributed by atoms with Crippen molar-refractivity contribution >= 4 is 21.7 Å². The van der Waals surface area contributed by atoms with Gasteiger partial charge in [-0.05, 0) is 37.1 Å². The molecule has 0 radical (unpaired) electrons. The molecule has 1 aliphatic rings. The van der Waals surface area contributed by atoms with E-state index in [0.717, 1.165) is 29.9 Å². The molecule has 8 heteroatoms. The van der Waals surface area contributed by atoms with Crippen molar-refractivity contribution in [3.05, 3.63) is 53.9 Å². The summed E-state index contributed by atoms with van der Waals surface area (Å²) in [6.07, 6.45) is 2.77. The number of aliphatic imine (C=N–C) groups is 1. The summed E-state index contributed by atoms with van der Waals surface area (Å²) in [5, 5.41) is 3.24. The second kappa shape index (κ2) is 8.68. The molecule has 0 fully saturated rings. The highest BCUT2D eigenvalue weighted by molar-refractivity contribution is 7.92. The average Bonchev–Trinajstić information content (AvgIpc) is 3.27. The standard InChI is InChI=1S/C20H29N5O2S/c1-4-21-20(24(3)16-18-9-7-13-23(18)2)22-12-15-28(26,27)25-14-11-17-8-5-6-10-19(17)25/h5-10,13H,4,11-12,14-16H2,1-3H3,(H,21,22). The minimum Gasteiger partial charge on any atom is -0.357 e. The molecule has 1 aromatic heterocycles. The fraction of sp³-hybridized carbons (Fsp3) is 0.450. The summed E-state index contributed by atoms with van der Waals surface area (Å²) in [4.78, 5) is 6.56. The van der Waals surface area contributed by atoms with Crippen LogP contribution in [0.5, 0.6) is 0 Å². The van der Waals surface area contributed by atoms with Crippen molar-refractivity contribution < 1.29 is 8.42 Å². The minimum atomic E-state index is -3.39. The third-order valence-corrected chi connectivity index (χ3v) is 6.69. The molecular weight excluding hydrogens is 374 g/mol. The lowest BCUT2D eigenvalue weighted by Gasteiger charge is -2.23. The first-order valence-corrected chi connectivity index (χ1v) is 11.2. The lowest BCUT2D eigenvalue weighted by Crippen LogP contribution is -2.39. The van der Waals surface area contributed by atoms with Gasteiger partial charge in [0, 0.05) is 39.1 Å². The number of para-hydroxylation sites is 1. The SMILES string of the molecule is CCNC(=NCCS(=O)(=O)N1CCc2ccccc21)N(C)Cc1cccn1C. The molecular formula is C20H29N5O2S. The summed E-state index contributed by atoms with van der Waals surface area (Å²) in [6.45, 7) is 4.16. The van der Waals surface area contributed by atoms with Gasteiger partial charge in [0.2, 0.25) is 10.0 Å². The molecule has 0 bridgehead atoms. The van der Waals surface area contributed by atoms with E-state index in [9.17, 15) is 8.42 Å². The van der Waals surface area contributed by atoms with Crippen molar-refractivity contribution in [1.29, 1.82) is 0 Å². The highest BCUT2D eigenvalue weighted by atomic mass is 32.2. The number of fused-ring (bicyclic) bond motifs is 1. The second-order valence-corrected chi connectivity index (χ2v) is 8.98. The molecule has 28 heavy (non-hydrogen) atoms. The van der Waals surface area contributed by atoms with E-state index in [1.165, 1.54) is 4.31 Å². The van der Waals surface area contributed by atoms with Gasteiger partial charge in [-0.3, -0.25) is 9.30 Å². The summed E-state index contributed by atoms with van der Waals surface area (Å²) < 4.78 is 29.2. The summed E-state index contributed by atoms with van der Waals surface area (Å²) in [5.41, 5.74) is 3.05. The number of rotatable bonds is 7. The van der Waals surface area contributed by atoms with E-state index in [0.29, 0.717) is 19.0 Å². The first kappa shape index (κ1) is 20.3. The zero-order chi connectivity index (χ0) is 20.1. The van der Waals surface area contributed by atoms with E-state index < -0.39 is 10.0 Å². The third-order valence-electron chi connectivity index (χ3n) is 4.94. The molecule has 0 atom stereocenters. The number of anilines is 1. The Morgan fingerprint density at radius 2 is 2.04 bits per heavy atom. The first-order valence-electron chi connectivity index (χ1n) is 9.60. The molecule has 2 aromatic rings. The predicted octanol–water partition coefficient (Wildman–Crippen LogP) is 1.81. The van der Waals surface area contributed by atoms with E-state index in [1.54, 1.807) is 0 Å². The molecule has 3 rings (SSSR count). The fourth-order valence-corrected chi connectivity index (χ4v) is 4.81. The van der Waals surface area contributed by atoms with Crippen molar-refractivity contribution in [3.63, 3.8) is 0 Å². The summed E-state index contributed by atoms with van der Waals surface area (Å²) in [7, 11) is 0.575. The fourth-order valence-electron chi connectivity index (χ4n) is 3.42. The van der Waals surface area contributed by atoms with Crippen LogP contribution >= 0.6 is 0 Å². The third kappa shape index (κ3) is 4.49. The summed E-state index contributed by atoms with van der Waals surface area (Å²) in [5.74, 6) is 0.703. The number of nitrogens with one attached hydrogen (secondary N) is 1. The van der Waals surface area contributed by atoms with Crippen molar-refractivity contribution in [3.8, 4) is 0 Å². The quantitative estimate of drug-likeness (QED) is 0.566. The van der Waals surface area contributed by atoms with Crippen molar-refractivity contribution in [1.82, 2.24) is 14.8 Å². The molecule has 0 amide bonds. The molecule has 0 aliphatic carbocycles. The Morgan fingerprint density at radius 3 is 2.75 bits per heavy atom. The van der Waals surface area contributed by atoms with Crippen LogP contribution in [0.15, 0.2) is 47.6 Å². The van der Waals surface area contributed by atoms with Crippen LogP contribution in [0.2, 0.25) is 0 Å². The van der Waals surface area contributed by atoms with Crippen LogP contribution in [-0.2, 0) is 30.0 Å². The number of guanidine groups is 1. The van der Waals surface area contributed by atoms with E-state index in [-0.39, 0.29) is 12.3 Å². The number of sulfonamides is 1. The van der Waals surface area contributed by atoms with E-state index in [2.05, 4.69) is 20.9 Å². The van der Waals surface area contributed by atoms with Gasteiger partial charge in [0.25, 0.3) is 0 Å². The van der Waals surface area contributed by atoms with Crippen LogP contribution in [0.4, 0.5) is 5.69 Å². The minimum absolute atomic E-state index is 0.00573. The molecule has 1 aliphatic heterocycles. The first-order chi connectivity index (χ1) is 13.4. The summed E-state index contributed by atoms with van der Waals surface area (Å²) >= 11 is 0. The monoisotopic (exact) mass is 403 g/mol. The maximum absolute atomic E-state index is 12.8. The zero-order valence-corrected chi connectivity index (χ0v) is 17.6. The van der Waals surface area contributed by atoms with Gasteiger partial charge in [-0.25, -0.2) is 8.42 Å². The van der Waals surface area contributed by atoms with Crippen LogP contribution in [0.3, 0.4) is 0 Å². The number of aryl methyl sites for hydroxylation is 1. The van der Waals surface area contributed by atoms with Gasteiger partial charge in [-0.15, -0.1) is 0 Å². The van der Waals surface area contributed by atoms with Crippen LogP contribution < -0.4 is 9.62 Å². The topological polar surface area (TPSA) is 69.9 Å². The molecule has 0 saturated carbocycles. The molecule has 1 N–H and O–H groups in total. The van der Waals surface area contributed by atoms with Gasteiger partial charge in [-0.1, -0.05) is 18.2 Å². The Bertz CT molecular complexity index is 936. The number of nitrogens with zero attached hydrogens (tertiary/aromatic N) is 4. The Hall–Kier alpha value is -2.48. The van der Waals surface area contributed by atoms with E-state index >= 15 is 0 Å². The normalized spacial score (nSPS) is 14.2. The Balaban J connectivity index is 1.65. The van der Waals surface area contributed by atoms with Gasteiger partial charge in [0.15, 0.2) is 5.96 Å². The van der Waals surface area contributed by atoms with E-state index in [4.69, 9.17) is 0 Å². The summed E-state index contributed by atoms with van der Waals surface area (Å²) in [6, 6.07) is 11.8. The van der Waals surface area contributed by atoms with Gasteiger partial charge in [0.05, 0.1) is 24.5 Å². The predicted molar refractivity (Wildman–Crippen MR) is 114 cm³/mol. The Morgan fingerprint density at radius 1 is 1.25 bits per heavy atom. The molecule has 2 heterocycles. The average molecular weight is 404 g/mol. The highest BCUT2D eigenvalue weighted by Gasteiger charge is 2.28. The number of benzene rings is 1. The van der Waals surface area contributed by atoms with Gasteiger partial charge in [0.1, 0.15) is 0 Å². The Labute approximate surface area is 167 Å². The van der Waals surface area contributed by atoms with Crippen LogP contribution in [0.1, 0.15) is 18.2 Å². The van der Waals surface area contributed by atoms with Crippen LogP contribution in [-0.4, -0.2) is 56.3 Å². The molecule has 0 spiro atoms. The smallest absolute Gasteiger partial charge is 0.237 e. The van der Waals surface area contributed by atoms with Crippen molar-refractivity contribution in [2.24, 2.45) is 12.0 Å². The molecule has 7 nitrogen and oxygen atoms in total. The lowest BCUT2D eigenvalue weighted by molar-refractivity contribution is 0.462. The second-order valence-electron chi connectivity index (χ2n) is 6.97. The van der Waals surface area contributed by atoms with Gasteiger partial charge in [-0.2, -0.15) is 0 Å². The Kier molecular flexibility index (Phi) is 6.28. The molecule has 1 aromatic carbocycles. The van der Waals surface area contributed by atoms with Gasteiger partial charge >= 0.3 is 0 Å². The van der Waals surface area contributed by atoms with Gasteiger partial charge < -0.3 is 14.8 Å². The molecule has 0 saturated heterocycles. The maximum Gasteiger partial charge on any atom is 0.237 e. The van der Waals surface area contributed by atoms with E-state index in [1.807, 2.05) is 62.4 Å². The zero-order valence-electron chi connectivity index (χ0n) is 16.8. The highest BCUT2D eigenvalue weighted by Crippen LogP contribution is 2.29.